The number of carbonyl (C=O) groups excluding carboxylic acids is 2. The number of nitrogens with zero attached hydrogens (tertiary/aromatic N) is 2. The van der Waals surface area contributed by atoms with E-state index in [1.165, 1.54) is 11.5 Å². The second kappa shape index (κ2) is 7.84. The van der Waals surface area contributed by atoms with Crippen molar-refractivity contribution in [3.05, 3.63) is 76.7 Å². The Hall–Kier alpha value is -3.52. The smallest absolute Gasteiger partial charge is 0.276 e. The van der Waals surface area contributed by atoms with Crippen molar-refractivity contribution in [2.45, 2.75) is 20.4 Å². The summed E-state index contributed by atoms with van der Waals surface area (Å²) in [5, 5.41) is 13.4. The summed E-state index contributed by atoms with van der Waals surface area (Å²) in [4.78, 5) is 25.3. The van der Waals surface area contributed by atoms with E-state index in [9.17, 15) is 9.59 Å². The molecule has 4 aromatic rings. The molecule has 0 saturated carbocycles. The van der Waals surface area contributed by atoms with E-state index in [0.717, 1.165) is 26.9 Å². The average Bonchev–Trinajstić information content (AvgIpc) is 3.33. The van der Waals surface area contributed by atoms with Crippen LogP contribution < -0.4 is 10.6 Å². The van der Waals surface area contributed by atoms with E-state index in [0.29, 0.717) is 23.5 Å². The number of benzene rings is 2. The highest BCUT2D eigenvalue weighted by Crippen LogP contribution is 2.24. The maximum absolute atomic E-state index is 12.8. The van der Waals surface area contributed by atoms with Crippen molar-refractivity contribution in [2.24, 2.45) is 0 Å². The zero-order valence-corrected chi connectivity index (χ0v) is 16.8. The largest absolute Gasteiger partial charge is 0.348 e. The lowest BCUT2D eigenvalue weighted by Crippen LogP contribution is -2.23. The lowest BCUT2D eigenvalue weighted by molar-refractivity contribution is 0.0949. The predicted molar refractivity (Wildman–Crippen MR) is 113 cm³/mol. The Bertz CT molecular complexity index is 1210. The summed E-state index contributed by atoms with van der Waals surface area (Å²) in [6.45, 7) is 4.16. The van der Waals surface area contributed by atoms with Crippen molar-refractivity contribution < 1.29 is 9.59 Å². The van der Waals surface area contributed by atoms with Crippen LogP contribution in [0.5, 0.6) is 0 Å². The summed E-state index contributed by atoms with van der Waals surface area (Å²) in [5.41, 5.74) is 4.14. The highest BCUT2D eigenvalue weighted by molar-refractivity contribution is 7.13. The van der Waals surface area contributed by atoms with Crippen LogP contribution in [0.25, 0.3) is 10.1 Å². The number of anilines is 1. The minimum atomic E-state index is -0.294. The molecule has 0 fully saturated rings. The van der Waals surface area contributed by atoms with Gasteiger partial charge in [0.05, 0.1) is 10.9 Å². The number of aryl methyl sites for hydroxylation is 2. The van der Waals surface area contributed by atoms with Gasteiger partial charge in [-0.1, -0.05) is 24.3 Å². The monoisotopic (exact) mass is 405 g/mol. The molecule has 146 valence electrons. The van der Waals surface area contributed by atoms with Crippen LogP contribution >= 0.6 is 11.5 Å². The van der Waals surface area contributed by atoms with Gasteiger partial charge in [0.25, 0.3) is 11.8 Å². The van der Waals surface area contributed by atoms with E-state index >= 15 is 0 Å². The molecule has 0 aliphatic rings. The van der Waals surface area contributed by atoms with Gasteiger partial charge in [-0.15, -0.1) is 0 Å². The van der Waals surface area contributed by atoms with Crippen LogP contribution in [0.2, 0.25) is 0 Å². The third-order valence-electron chi connectivity index (χ3n) is 4.71. The van der Waals surface area contributed by atoms with Crippen molar-refractivity contribution >= 4 is 39.1 Å². The normalized spacial score (nSPS) is 10.8. The second-order valence-corrected chi connectivity index (χ2v) is 7.52. The molecule has 2 aromatic carbocycles. The zero-order valence-electron chi connectivity index (χ0n) is 15.9. The van der Waals surface area contributed by atoms with Gasteiger partial charge in [0.1, 0.15) is 5.69 Å². The van der Waals surface area contributed by atoms with Gasteiger partial charge in [0.15, 0.2) is 0 Å². The Kier molecular flexibility index (Phi) is 5.09. The zero-order chi connectivity index (χ0) is 20.4. The van der Waals surface area contributed by atoms with Gasteiger partial charge < -0.3 is 10.6 Å². The summed E-state index contributed by atoms with van der Waals surface area (Å²) >= 11 is 1.29. The van der Waals surface area contributed by atoms with Gasteiger partial charge in [-0.25, -0.2) is 0 Å². The SMILES string of the molecule is Cc1ccc(C(=O)NCc2cn[nH]c2C)cc1NC(=O)c1nsc2ccccc12. The molecule has 0 radical (unpaired) electrons. The third kappa shape index (κ3) is 3.88. The van der Waals surface area contributed by atoms with Gasteiger partial charge in [0, 0.05) is 34.4 Å². The molecule has 0 unspecified atom stereocenters. The van der Waals surface area contributed by atoms with Crippen molar-refractivity contribution in [2.75, 3.05) is 5.32 Å². The van der Waals surface area contributed by atoms with Crippen LogP contribution in [0.15, 0.2) is 48.7 Å². The number of hydrogen-bond acceptors (Lipinski definition) is 5. The van der Waals surface area contributed by atoms with Crippen molar-refractivity contribution in [1.82, 2.24) is 19.9 Å². The molecule has 0 aliphatic heterocycles. The topological polar surface area (TPSA) is 99.8 Å². The number of carbonyl (C=O) groups is 2. The number of rotatable bonds is 5. The maximum Gasteiger partial charge on any atom is 0.276 e. The van der Waals surface area contributed by atoms with Gasteiger partial charge >= 0.3 is 0 Å². The average molecular weight is 405 g/mol. The van der Waals surface area contributed by atoms with E-state index in [4.69, 9.17) is 0 Å². The molecule has 2 aromatic heterocycles. The van der Waals surface area contributed by atoms with Gasteiger partial charge in [-0.2, -0.15) is 9.47 Å². The number of aromatic nitrogens is 3. The minimum absolute atomic E-state index is 0.222. The fraction of sp³-hybridized carbons (Fsp3) is 0.143. The molecule has 2 amide bonds. The molecule has 2 heterocycles. The summed E-state index contributed by atoms with van der Waals surface area (Å²) in [6, 6.07) is 12.8. The summed E-state index contributed by atoms with van der Waals surface area (Å²) < 4.78 is 5.24. The molecule has 4 rings (SSSR count). The van der Waals surface area contributed by atoms with Crippen LogP contribution in [0, 0.1) is 13.8 Å². The molecular weight excluding hydrogens is 386 g/mol. The first-order valence-corrected chi connectivity index (χ1v) is 9.83. The standard InChI is InChI=1S/C21H19N5O2S/c1-12-7-8-14(20(27)22-10-15-11-23-25-13(15)2)9-17(12)24-21(28)19-16-5-3-4-6-18(16)29-26-19/h3-9,11H,10H2,1-2H3,(H,22,27)(H,23,25)(H,24,28). The van der Waals surface area contributed by atoms with E-state index in [2.05, 4.69) is 25.2 Å². The van der Waals surface area contributed by atoms with Crippen LogP contribution in [0.1, 0.15) is 37.7 Å². The summed E-state index contributed by atoms with van der Waals surface area (Å²) in [5.74, 6) is -0.516. The first kappa shape index (κ1) is 18.8. The van der Waals surface area contributed by atoms with Crippen LogP contribution in [0.4, 0.5) is 5.69 Å². The van der Waals surface area contributed by atoms with Crippen molar-refractivity contribution in [1.29, 1.82) is 0 Å². The molecule has 29 heavy (non-hydrogen) atoms. The van der Waals surface area contributed by atoms with E-state index in [-0.39, 0.29) is 11.8 Å². The molecule has 0 saturated heterocycles. The molecule has 7 nitrogen and oxygen atoms in total. The lowest BCUT2D eigenvalue weighted by atomic mass is 10.1. The Morgan fingerprint density at radius 3 is 2.72 bits per heavy atom. The van der Waals surface area contributed by atoms with Crippen molar-refractivity contribution in [3.8, 4) is 0 Å². The van der Waals surface area contributed by atoms with Crippen LogP contribution in [0.3, 0.4) is 0 Å². The highest BCUT2D eigenvalue weighted by Gasteiger charge is 2.16. The number of H-pyrrole nitrogens is 1. The van der Waals surface area contributed by atoms with Crippen LogP contribution in [-0.4, -0.2) is 26.4 Å². The Morgan fingerprint density at radius 1 is 1.10 bits per heavy atom. The van der Waals surface area contributed by atoms with Gasteiger partial charge in [0.2, 0.25) is 0 Å². The summed E-state index contributed by atoms with van der Waals surface area (Å²) in [7, 11) is 0. The molecule has 0 atom stereocenters. The molecule has 3 N–H and O–H groups in total. The number of nitrogens with one attached hydrogen (secondary N) is 3. The molecule has 0 bridgehead atoms. The Labute approximate surface area is 171 Å². The lowest BCUT2D eigenvalue weighted by Gasteiger charge is -2.10. The van der Waals surface area contributed by atoms with Crippen molar-refractivity contribution in [3.63, 3.8) is 0 Å². The number of hydrogen-bond donors (Lipinski definition) is 3. The van der Waals surface area contributed by atoms with Gasteiger partial charge in [-0.05, 0) is 49.1 Å². The summed E-state index contributed by atoms with van der Waals surface area (Å²) in [6.07, 6.45) is 1.69. The number of amides is 2. The maximum atomic E-state index is 12.8. The minimum Gasteiger partial charge on any atom is -0.348 e. The number of fused-ring (bicyclic) bond motifs is 1. The first-order valence-electron chi connectivity index (χ1n) is 9.06. The van der Waals surface area contributed by atoms with E-state index in [1.54, 1.807) is 18.3 Å². The van der Waals surface area contributed by atoms with Crippen LogP contribution in [-0.2, 0) is 6.54 Å². The molecule has 0 spiro atoms. The van der Waals surface area contributed by atoms with E-state index < -0.39 is 0 Å². The first-order chi connectivity index (χ1) is 14.0. The Morgan fingerprint density at radius 2 is 1.93 bits per heavy atom. The third-order valence-corrected chi connectivity index (χ3v) is 5.54. The highest BCUT2D eigenvalue weighted by atomic mass is 32.1. The number of aromatic amines is 1. The second-order valence-electron chi connectivity index (χ2n) is 6.71. The quantitative estimate of drug-likeness (QED) is 0.470. The van der Waals surface area contributed by atoms with E-state index in [1.807, 2.05) is 44.2 Å². The Balaban J connectivity index is 1.51. The van der Waals surface area contributed by atoms with Gasteiger partial charge in [-0.3, -0.25) is 14.7 Å². The predicted octanol–water partition coefficient (Wildman–Crippen LogP) is 3.82. The molecule has 8 heteroatoms. The fourth-order valence-electron chi connectivity index (χ4n) is 2.96. The molecule has 0 aliphatic carbocycles. The fourth-order valence-corrected chi connectivity index (χ4v) is 3.73. The molecular formula is C21H19N5O2S.